The Morgan fingerprint density at radius 1 is 0.939 bits per heavy atom. The van der Waals surface area contributed by atoms with Crippen LogP contribution in [0.15, 0.2) is 78.2 Å². The molecule has 1 amide bonds. The van der Waals surface area contributed by atoms with Gasteiger partial charge < -0.3 is 9.47 Å². The maximum atomic E-state index is 13.3. The predicted molar refractivity (Wildman–Crippen MR) is 130 cm³/mol. The van der Waals surface area contributed by atoms with Crippen LogP contribution in [-0.4, -0.2) is 37.1 Å². The third kappa shape index (κ3) is 3.41. The van der Waals surface area contributed by atoms with Crippen LogP contribution in [0.1, 0.15) is 29.1 Å². The highest BCUT2D eigenvalue weighted by molar-refractivity contribution is 7.13. The normalized spacial score (nSPS) is 15.5. The van der Waals surface area contributed by atoms with Gasteiger partial charge in [-0.25, -0.2) is 4.98 Å². The van der Waals surface area contributed by atoms with Gasteiger partial charge >= 0.3 is 0 Å². The lowest BCUT2D eigenvalue weighted by Crippen LogP contribution is -2.41. The third-order valence-electron chi connectivity index (χ3n) is 6.21. The van der Waals surface area contributed by atoms with Crippen LogP contribution in [0.5, 0.6) is 0 Å². The molecule has 0 aliphatic carbocycles. The summed E-state index contributed by atoms with van der Waals surface area (Å²) < 4.78 is 2.09. The number of carbonyl (C=O) groups excluding carboxylic acids is 1. The topological polar surface area (TPSA) is 63.9 Å². The number of para-hydroxylation sites is 1. The smallest absolute Gasteiger partial charge is 0.254 e. The molecule has 3 aromatic heterocycles. The Morgan fingerprint density at radius 3 is 2.61 bits per heavy atom. The van der Waals surface area contributed by atoms with Crippen molar-refractivity contribution in [3.05, 3.63) is 89.6 Å². The molecule has 0 radical (unpaired) electrons. The molecule has 6 rings (SSSR count). The van der Waals surface area contributed by atoms with Crippen molar-refractivity contribution in [2.75, 3.05) is 6.54 Å². The van der Waals surface area contributed by atoms with Crippen molar-refractivity contribution in [3.63, 3.8) is 0 Å². The SMILES string of the molecule is C[C@H]1c2nnc(-c3ccc4ccccc4n3)n2CCN1C(=O)c1ccc(-c2cccs2)cc1. The summed E-state index contributed by atoms with van der Waals surface area (Å²) in [6.45, 7) is 3.24. The summed E-state index contributed by atoms with van der Waals surface area (Å²) in [7, 11) is 0. The maximum Gasteiger partial charge on any atom is 0.254 e. The Labute approximate surface area is 195 Å². The molecule has 2 aromatic carbocycles. The van der Waals surface area contributed by atoms with Gasteiger partial charge in [-0.1, -0.05) is 42.5 Å². The first-order chi connectivity index (χ1) is 16.2. The predicted octanol–water partition coefficient (Wildman–Crippen LogP) is 5.44. The fourth-order valence-electron chi connectivity index (χ4n) is 4.43. The molecule has 1 aliphatic rings. The average molecular weight is 452 g/mol. The molecule has 162 valence electrons. The van der Waals surface area contributed by atoms with E-state index in [1.54, 1.807) is 11.3 Å². The highest BCUT2D eigenvalue weighted by Crippen LogP contribution is 2.30. The molecule has 0 bridgehead atoms. The number of fused-ring (bicyclic) bond motifs is 2. The average Bonchev–Trinajstić information content (AvgIpc) is 3.55. The number of thiophene rings is 1. The van der Waals surface area contributed by atoms with Gasteiger partial charge in [0.15, 0.2) is 11.6 Å². The zero-order valence-corrected chi connectivity index (χ0v) is 18.9. The minimum Gasteiger partial charge on any atom is -0.327 e. The Bertz CT molecular complexity index is 1460. The van der Waals surface area contributed by atoms with E-state index in [0.29, 0.717) is 18.7 Å². The van der Waals surface area contributed by atoms with Gasteiger partial charge in [0.25, 0.3) is 5.91 Å². The van der Waals surface area contributed by atoms with Crippen molar-refractivity contribution in [3.8, 4) is 22.0 Å². The number of pyridine rings is 1. The summed E-state index contributed by atoms with van der Waals surface area (Å²) in [6, 6.07) is 23.9. The summed E-state index contributed by atoms with van der Waals surface area (Å²) in [6.07, 6.45) is 0. The lowest BCUT2D eigenvalue weighted by molar-refractivity contribution is 0.0638. The minimum atomic E-state index is -0.176. The van der Waals surface area contributed by atoms with Gasteiger partial charge in [0.2, 0.25) is 0 Å². The molecule has 0 saturated carbocycles. The number of benzene rings is 2. The van der Waals surface area contributed by atoms with Gasteiger partial charge in [-0.05, 0) is 48.2 Å². The maximum absolute atomic E-state index is 13.3. The number of nitrogens with zero attached hydrogens (tertiary/aromatic N) is 5. The van der Waals surface area contributed by atoms with Gasteiger partial charge in [-0.15, -0.1) is 21.5 Å². The van der Waals surface area contributed by atoms with E-state index in [-0.39, 0.29) is 11.9 Å². The van der Waals surface area contributed by atoms with Crippen LogP contribution in [0.3, 0.4) is 0 Å². The molecule has 1 aliphatic heterocycles. The lowest BCUT2D eigenvalue weighted by Gasteiger charge is -2.33. The van der Waals surface area contributed by atoms with Gasteiger partial charge in [-0.2, -0.15) is 0 Å². The van der Waals surface area contributed by atoms with Crippen molar-refractivity contribution in [1.82, 2.24) is 24.6 Å². The van der Waals surface area contributed by atoms with Crippen molar-refractivity contribution >= 4 is 28.1 Å². The minimum absolute atomic E-state index is 0.0138. The van der Waals surface area contributed by atoms with E-state index in [1.165, 1.54) is 4.88 Å². The van der Waals surface area contributed by atoms with Gasteiger partial charge in [0, 0.05) is 28.9 Å². The highest BCUT2D eigenvalue weighted by Gasteiger charge is 2.32. The zero-order chi connectivity index (χ0) is 22.4. The second-order valence-electron chi connectivity index (χ2n) is 8.15. The molecular formula is C26H21N5OS. The standard InChI is InChI=1S/C26H21N5OS/c1-17-24-28-29-25(22-13-12-18-5-2-3-6-21(18)27-22)31(24)15-14-30(17)26(32)20-10-8-19(9-11-20)23-7-4-16-33-23/h2-13,16-17H,14-15H2,1H3/t17-/m0/s1. The molecule has 6 nitrogen and oxygen atoms in total. The summed E-state index contributed by atoms with van der Waals surface area (Å²) >= 11 is 1.69. The largest absolute Gasteiger partial charge is 0.327 e. The van der Waals surface area contributed by atoms with Crippen molar-refractivity contribution < 1.29 is 4.79 Å². The second-order valence-corrected chi connectivity index (χ2v) is 9.10. The van der Waals surface area contributed by atoms with Crippen molar-refractivity contribution in [2.24, 2.45) is 0 Å². The van der Waals surface area contributed by atoms with E-state index < -0.39 is 0 Å². The second kappa shape index (κ2) is 7.94. The Kier molecular flexibility index (Phi) is 4.77. The Morgan fingerprint density at radius 2 is 1.79 bits per heavy atom. The van der Waals surface area contributed by atoms with Crippen LogP contribution < -0.4 is 0 Å². The molecule has 0 fully saturated rings. The molecule has 33 heavy (non-hydrogen) atoms. The summed E-state index contributed by atoms with van der Waals surface area (Å²) in [4.78, 5) is 21.2. The van der Waals surface area contributed by atoms with E-state index in [1.807, 2.05) is 72.5 Å². The molecule has 0 N–H and O–H groups in total. The number of hydrogen-bond acceptors (Lipinski definition) is 5. The molecule has 7 heteroatoms. The van der Waals surface area contributed by atoms with Crippen LogP contribution >= 0.6 is 11.3 Å². The van der Waals surface area contributed by atoms with Crippen LogP contribution in [-0.2, 0) is 6.54 Å². The van der Waals surface area contributed by atoms with Gasteiger partial charge in [0.1, 0.15) is 5.69 Å². The fourth-order valence-corrected chi connectivity index (χ4v) is 5.16. The summed E-state index contributed by atoms with van der Waals surface area (Å²) in [5.74, 6) is 1.55. The number of carbonyl (C=O) groups is 1. The summed E-state index contributed by atoms with van der Waals surface area (Å²) in [5.41, 5.74) is 3.54. The van der Waals surface area contributed by atoms with Crippen LogP contribution in [0.25, 0.3) is 32.9 Å². The number of aromatic nitrogens is 4. The Balaban J connectivity index is 1.27. The number of hydrogen-bond donors (Lipinski definition) is 0. The molecule has 0 saturated heterocycles. The molecule has 0 unspecified atom stereocenters. The quantitative estimate of drug-likeness (QED) is 0.366. The van der Waals surface area contributed by atoms with Gasteiger partial charge in [-0.3, -0.25) is 4.79 Å². The molecule has 4 heterocycles. The molecule has 5 aromatic rings. The molecule has 1 atom stereocenters. The number of rotatable bonds is 3. The van der Waals surface area contributed by atoms with Crippen LogP contribution in [0, 0.1) is 0 Å². The first-order valence-corrected chi connectivity index (χ1v) is 11.8. The van der Waals surface area contributed by atoms with E-state index >= 15 is 0 Å². The monoisotopic (exact) mass is 451 g/mol. The highest BCUT2D eigenvalue weighted by atomic mass is 32.1. The first-order valence-electron chi connectivity index (χ1n) is 10.9. The van der Waals surface area contributed by atoms with E-state index in [9.17, 15) is 4.79 Å². The molecule has 0 spiro atoms. The van der Waals surface area contributed by atoms with Gasteiger partial charge in [0.05, 0.1) is 11.6 Å². The van der Waals surface area contributed by atoms with Crippen molar-refractivity contribution in [1.29, 1.82) is 0 Å². The molecular weight excluding hydrogens is 430 g/mol. The Hall–Kier alpha value is -3.84. The first kappa shape index (κ1) is 19.8. The fraction of sp³-hybridized carbons (Fsp3) is 0.154. The number of amides is 1. The lowest BCUT2D eigenvalue weighted by atomic mass is 10.1. The van der Waals surface area contributed by atoms with E-state index in [0.717, 1.165) is 33.8 Å². The van der Waals surface area contributed by atoms with E-state index in [2.05, 4.69) is 32.3 Å². The third-order valence-corrected chi connectivity index (χ3v) is 7.13. The van der Waals surface area contributed by atoms with Crippen LogP contribution in [0.4, 0.5) is 0 Å². The van der Waals surface area contributed by atoms with Crippen LogP contribution in [0.2, 0.25) is 0 Å². The summed E-state index contributed by atoms with van der Waals surface area (Å²) in [5, 5.41) is 12.0. The van der Waals surface area contributed by atoms with E-state index in [4.69, 9.17) is 4.98 Å². The van der Waals surface area contributed by atoms with Crippen molar-refractivity contribution in [2.45, 2.75) is 19.5 Å². The zero-order valence-electron chi connectivity index (χ0n) is 18.0.